The van der Waals surface area contributed by atoms with Crippen molar-refractivity contribution in [3.8, 4) is 0 Å². The first-order valence-corrected chi connectivity index (χ1v) is 7.74. The first kappa shape index (κ1) is 17.0. The molecule has 0 bridgehead atoms. The van der Waals surface area contributed by atoms with Crippen molar-refractivity contribution in [2.24, 2.45) is 11.8 Å². The summed E-state index contributed by atoms with van der Waals surface area (Å²) in [5.74, 6) is -4.45. The molecule has 2 fully saturated rings. The second-order valence-corrected chi connectivity index (χ2v) is 6.34. The van der Waals surface area contributed by atoms with Crippen LogP contribution in [0.2, 0.25) is 0 Å². The number of fused-ring (bicyclic) bond motifs is 1. The summed E-state index contributed by atoms with van der Waals surface area (Å²) in [6, 6.07) is 3.53. The number of nitrogens with zero attached hydrogens (tertiary/aromatic N) is 2. The second kappa shape index (κ2) is 5.92. The maximum absolute atomic E-state index is 12.6. The molecule has 132 valence electrons. The summed E-state index contributed by atoms with van der Waals surface area (Å²) in [6.45, 7) is 1.40. The van der Waals surface area contributed by atoms with E-state index in [2.05, 4.69) is 0 Å². The van der Waals surface area contributed by atoms with Gasteiger partial charge in [0.25, 0.3) is 5.69 Å². The van der Waals surface area contributed by atoms with Crippen LogP contribution in [0.5, 0.6) is 0 Å². The van der Waals surface area contributed by atoms with E-state index in [9.17, 15) is 34.7 Å². The lowest BCUT2D eigenvalue weighted by molar-refractivity contribution is -0.385. The number of aliphatic hydroxyl groups is 1. The molecule has 2 N–H and O–H groups in total. The van der Waals surface area contributed by atoms with Crippen LogP contribution in [0.3, 0.4) is 0 Å². The van der Waals surface area contributed by atoms with Gasteiger partial charge in [0.1, 0.15) is 0 Å². The predicted octanol–water partition coefficient (Wildman–Crippen LogP) is -0.00280. The zero-order valence-corrected chi connectivity index (χ0v) is 13.2. The molecule has 2 unspecified atom stereocenters. The van der Waals surface area contributed by atoms with Gasteiger partial charge in [-0.25, -0.2) is 4.79 Å². The molecule has 2 saturated heterocycles. The van der Waals surface area contributed by atoms with E-state index in [1.807, 2.05) is 0 Å². The molecule has 1 aromatic carbocycles. The Hall–Kier alpha value is -2.81. The third-order valence-electron chi connectivity index (χ3n) is 4.94. The van der Waals surface area contributed by atoms with Crippen LogP contribution in [-0.2, 0) is 20.8 Å². The van der Waals surface area contributed by atoms with Gasteiger partial charge in [0.15, 0.2) is 11.8 Å². The lowest BCUT2D eigenvalue weighted by Crippen LogP contribution is -2.66. The zero-order chi connectivity index (χ0) is 18.5. The molecule has 2 aliphatic heterocycles. The Morgan fingerprint density at radius 3 is 2.56 bits per heavy atom. The average Bonchev–Trinajstić information content (AvgIpc) is 2.77. The fourth-order valence-electron chi connectivity index (χ4n) is 3.86. The number of hydrogen-bond donors (Lipinski definition) is 2. The van der Waals surface area contributed by atoms with E-state index in [1.165, 1.54) is 25.1 Å². The Kier molecular flexibility index (Phi) is 4.03. The summed E-state index contributed by atoms with van der Waals surface area (Å²) in [7, 11) is 0. The van der Waals surface area contributed by atoms with Crippen LogP contribution in [0.4, 0.5) is 5.69 Å². The highest BCUT2D eigenvalue weighted by atomic mass is 16.6. The first-order valence-electron chi connectivity index (χ1n) is 7.74. The van der Waals surface area contributed by atoms with E-state index in [4.69, 9.17) is 0 Å². The van der Waals surface area contributed by atoms with Gasteiger partial charge in [0, 0.05) is 17.5 Å². The molecular formula is C16H16N2O7. The number of carbonyl (C=O) groups excluding carboxylic acids is 2. The van der Waals surface area contributed by atoms with E-state index >= 15 is 0 Å². The van der Waals surface area contributed by atoms with Gasteiger partial charge < -0.3 is 15.1 Å². The number of ketones is 1. The number of amides is 1. The normalized spacial score (nSPS) is 29.1. The number of carbonyl (C=O) groups is 3. The fraction of sp³-hybridized carbons (Fsp3) is 0.438. The molecule has 9 heteroatoms. The van der Waals surface area contributed by atoms with Crippen molar-refractivity contribution in [1.29, 1.82) is 0 Å². The number of β-lactam (4-membered cyclic amide) rings is 1. The summed E-state index contributed by atoms with van der Waals surface area (Å²) in [5, 5.41) is 30.3. The Morgan fingerprint density at radius 1 is 1.36 bits per heavy atom. The minimum atomic E-state index is -1.60. The fourth-order valence-corrected chi connectivity index (χ4v) is 3.86. The molecule has 25 heavy (non-hydrogen) atoms. The number of carboxylic acids is 1. The van der Waals surface area contributed by atoms with E-state index in [0.29, 0.717) is 5.56 Å². The number of rotatable bonds is 5. The minimum Gasteiger partial charge on any atom is -0.479 e. The van der Waals surface area contributed by atoms with Crippen LogP contribution >= 0.6 is 0 Å². The van der Waals surface area contributed by atoms with Crippen molar-refractivity contribution in [3.63, 3.8) is 0 Å². The molecule has 0 aliphatic carbocycles. The molecule has 2 aliphatic rings. The molecule has 0 saturated carbocycles. The summed E-state index contributed by atoms with van der Waals surface area (Å²) < 4.78 is 0. The smallest absolute Gasteiger partial charge is 0.334 e. The van der Waals surface area contributed by atoms with Crippen LogP contribution in [0.25, 0.3) is 0 Å². The molecule has 9 nitrogen and oxygen atoms in total. The number of hydrogen-bond acceptors (Lipinski definition) is 6. The van der Waals surface area contributed by atoms with Gasteiger partial charge in [-0.05, 0) is 13.3 Å². The van der Waals surface area contributed by atoms with Crippen LogP contribution in [0.1, 0.15) is 12.5 Å². The molecule has 5 atom stereocenters. The molecule has 0 spiro atoms. The quantitative estimate of drug-likeness (QED) is 0.330. The second-order valence-electron chi connectivity index (χ2n) is 6.34. The minimum absolute atomic E-state index is 0.0581. The lowest BCUT2D eigenvalue weighted by Gasteiger charge is -2.46. The Balaban J connectivity index is 1.98. The number of aliphatic hydroxyl groups excluding tert-OH is 1. The van der Waals surface area contributed by atoms with E-state index in [-0.39, 0.29) is 12.1 Å². The van der Waals surface area contributed by atoms with Crippen LogP contribution in [-0.4, -0.2) is 55.9 Å². The van der Waals surface area contributed by atoms with Crippen LogP contribution in [0, 0.1) is 22.0 Å². The third-order valence-corrected chi connectivity index (χ3v) is 4.94. The highest BCUT2D eigenvalue weighted by Gasteiger charge is 2.65. The summed E-state index contributed by atoms with van der Waals surface area (Å²) in [5.41, 5.74) is 0.125. The van der Waals surface area contributed by atoms with Gasteiger partial charge in [-0.1, -0.05) is 18.2 Å². The lowest BCUT2D eigenvalue weighted by atomic mass is 9.76. The van der Waals surface area contributed by atoms with Crippen LogP contribution < -0.4 is 0 Å². The van der Waals surface area contributed by atoms with E-state index in [1.54, 1.807) is 6.07 Å². The highest BCUT2D eigenvalue weighted by molar-refractivity contribution is 6.12. The summed E-state index contributed by atoms with van der Waals surface area (Å²) in [4.78, 5) is 47.7. The number of benzene rings is 1. The van der Waals surface area contributed by atoms with Gasteiger partial charge in [-0.2, -0.15) is 0 Å². The van der Waals surface area contributed by atoms with Crippen molar-refractivity contribution in [2.75, 3.05) is 0 Å². The molecule has 1 amide bonds. The van der Waals surface area contributed by atoms with Gasteiger partial charge in [0.2, 0.25) is 5.91 Å². The Morgan fingerprint density at radius 2 is 2.00 bits per heavy atom. The van der Waals surface area contributed by atoms with Crippen molar-refractivity contribution < 1.29 is 29.5 Å². The Labute approximate surface area is 142 Å². The number of Topliss-reactive ketones (excluding diaryl/α,β-unsaturated/α-hetero) is 1. The number of aliphatic carboxylic acids is 1. The number of nitro benzene ring substituents is 1. The van der Waals surface area contributed by atoms with Crippen molar-refractivity contribution in [2.45, 2.75) is 31.5 Å². The SMILES string of the molecule is C[C@@H](O)[C@H]1C(=O)N2C(C(=O)O)C(=O)C(Cc3ccccc3[N+](=O)[O-])[C@H]12. The predicted molar refractivity (Wildman–Crippen MR) is 82.5 cm³/mol. The molecular weight excluding hydrogens is 332 g/mol. The summed E-state index contributed by atoms with van der Waals surface area (Å²) in [6.07, 6.45) is -1.10. The maximum atomic E-state index is 12.6. The zero-order valence-electron chi connectivity index (χ0n) is 13.2. The largest absolute Gasteiger partial charge is 0.479 e. The van der Waals surface area contributed by atoms with E-state index in [0.717, 1.165) is 4.90 Å². The summed E-state index contributed by atoms with van der Waals surface area (Å²) >= 11 is 0. The van der Waals surface area contributed by atoms with Crippen molar-refractivity contribution >= 4 is 23.3 Å². The molecule has 1 aromatic rings. The highest BCUT2D eigenvalue weighted by Crippen LogP contribution is 2.44. The number of para-hydroxylation sites is 1. The van der Waals surface area contributed by atoms with Gasteiger partial charge in [-0.3, -0.25) is 19.7 Å². The molecule has 0 aromatic heterocycles. The molecule has 0 radical (unpaired) electrons. The average molecular weight is 348 g/mol. The number of nitro groups is 1. The van der Waals surface area contributed by atoms with Crippen molar-refractivity contribution in [3.05, 3.63) is 39.9 Å². The van der Waals surface area contributed by atoms with Crippen molar-refractivity contribution in [1.82, 2.24) is 4.90 Å². The topological polar surface area (TPSA) is 138 Å². The Bertz CT molecular complexity index is 776. The maximum Gasteiger partial charge on any atom is 0.334 e. The first-order chi connectivity index (χ1) is 11.8. The van der Waals surface area contributed by atoms with E-state index < -0.39 is 52.6 Å². The van der Waals surface area contributed by atoms with Gasteiger partial charge in [-0.15, -0.1) is 0 Å². The number of carboxylic acid groups (broad SMARTS) is 1. The molecule has 3 rings (SSSR count). The van der Waals surface area contributed by atoms with Crippen LogP contribution in [0.15, 0.2) is 24.3 Å². The molecule has 2 heterocycles. The van der Waals surface area contributed by atoms with Gasteiger partial charge >= 0.3 is 5.97 Å². The monoisotopic (exact) mass is 348 g/mol. The standard InChI is InChI=1S/C16H16N2O7/c1-7(19)11-12-9(6-8-4-2-3-5-10(8)18(24)25)14(20)13(16(22)23)17(12)15(11)21/h2-5,7,9,11-13,19H,6H2,1H3,(H,22,23)/t7-,9?,11-,12-,13?/m1/s1. The third kappa shape index (κ3) is 2.47. The van der Waals surface area contributed by atoms with Gasteiger partial charge in [0.05, 0.1) is 23.0 Å².